The molecule has 1 aromatic heterocycles. The van der Waals surface area contributed by atoms with Crippen LogP contribution in [0.1, 0.15) is 49.9 Å². The number of aromatic nitrogens is 1. The SMILES string of the molecule is C/C=C(\C)OC(=O)N1CCC(Nc2cc(Nc3ccc(N4CCCC4=O)cc3)ncc2C(N)=O)CC1. The third kappa shape index (κ3) is 5.94. The van der Waals surface area contributed by atoms with Crippen LogP contribution >= 0.6 is 0 Å². The molecule has 2 aliphatic rings. The molecule has 10 heteroatoms. The summed E-state index contributed by atoms with van der Waals surface area (Å²) < 4.78 is 5.29. The smallest absolute Gasteiger partial charge is 0.414 e. The minimum Gasteiger partial charge on any atom is -0.415 e. The van der Waals surface area contributed by atoms with Crippen LogP contribution in [0.4, 0.5) is 27.7 Å². The Hall–Kier alpha value is -4.08. The van der Waals surface area contributed by atoms with Crippen LogP contribution in [0, 0.1) is 0 Å². The maximum atomic E-state index is 12.3. The molecule has 2 aromatic rings. The van der Waals surface area contributed by atoms with Crippen LogP contribution in [0.25, 0.3) is 0 Å². The number of likely N-dealkylation sites (tertiary alicyclic amines) is 1. The van der Waals surface area contributed by atoms with E-state index in [0.29, 0.717) is 55.2 Å². The number of nitrogens with one attached hydrogen (secondary N) is 2. The van der Waals surface area contributed by atoms with Gasteiger partial charge < -0.3 is 30.9 Å². The topological polar surface area (TPSA) is 130 Å². The number of hydrogen-bond acceptors (Lipinski definition) is 7. The van der Waals surface area contributed by atoms with Crippen molar-refractivity contribution in [3.8, 4) is 0 Å². The van der Waals surface area contributed by atoms with E-state index >= 15 is 0 Å². The fourth-order valence-corrected chi connectivity index (χ4v) is 4.32. The number of piperidine rings is 1. The second-order valence-electron chi connectivity index (χ2n) is 8.97. The van der Waals surface area contributed by atoms with Crippen LogP contribution in [0.2, 0.25) is 0 Å². The number of anilines is 4. The summed E-state index contributed by atoms with van der Waals surface area (Å²) in [5.74, 6) is 0.697. The van der Waals surface area contributed by atoms with Crippen molar-refractivity contribution in [3.05, 3.63) is 53.9 Å². The average Bonchev–Trinajstić information content (AvgIpc) is 3.30. The molecule has 10 nitrogen and oxygen atoms in total. The van der Waals surface area contributed by atoms with E-state index in [0.717, 1.165) is 24.3 Å². The van der Waals surface area contributed by atoms with Crippen LogP contribution < -0.4 is 21.3 Å². The Morgan fingerprint density at radius 1 is 1.17 bits per heavy atom. The van der Waals surface area contributed by atoms with E-state index in [1.807, 2.05) is 31.2 Å². The first-order valence-corrected chi connectivity index (χ1v) is 12.2. The Morgan fingerprint density at radius 3 is 2.50 bits per heavy atom. The Bertz CT molecular complexity index is 1160. The van der Waals surface area contributed by atoms with E-state index in [-0.39, 0.29) is 18.0 Å². The second-order valence-corrected chi connectivity index (χ2v) is 8.97. The van der Waals surface area contributed by atoms with Gasteiger partial charge in [0.15, 0.2) is 0 Å². The predicted molar refractivity (Wildman–Crippen MR) is 138 cm³/mol. The molecule has 3 heterocycles. The minimum absolute atomic E-state index is 0.0579. The zero-order valence-corrected chi connectivity index (χ0v) is 20.6. The summed E-state index contributed by atoms with van der Waals surface area (Å²) in [6, 6.07) is 9.40. The number of rotatable bonds is 7. The van der Waals surface area contributed by atoms with Gasteiger partial charge in [-0.3, -0.25) is 9.59 Å². The second kappa shape index (κ2) is 11.1. The third-order valence-electron chi connectivity index (χ3n) is 6.46. The maximum absolute atomic E-state index is 12.3. The number of nitrogens with zero attached hydrogens (tertiary/aromatic N) is 3. The van der Waals surface area contributed by atoms with Gasteiger partial charge >= 0.3 is 6.09 Å². The molecular weight excluding hydrogens is 460 g/mol. The van der Waals surface area contributed by atoms with Crippen LogP contribution in [0.15, 0.2) is 48.4 Å². The van der Waals surface area contributed by atoms with Gasteiger partial charge in [-0.2, -0.15) is 0 Å². The average molecular weight is 493 g/mol. The maximum Gasteiger partial charge on any atom is 0.414 e. The Balaban J connectivity index is 1.40. The molecule has 2 saturated heterocycles. The van der Waals surface area contributed by atoms with Gasteiger partial charge in [0, 0.05) is 55.7 Å². The number of carbonyl (C=O) groups is 3. The van der Waals surface area contributed by atoms with Crippen molar-refractivity contribution in [3.63, 3.8) is 0 Å². The number of allylic oxidation sites excluding steroid dienone is 2. The Morgan fingerprint density at radius 2 is 1.89 bits per heavy atom. The first kappa shape index (κ1) is 25.0. The number of ether oxygens (including phenoxy) is 1. The van der Waals surface area contributed by atoms with Gasteiger partial charge in [0.05, 0.1) is 11.3 Å². The van der Waals surface area contributed by atoms with Crippen molar-refractivity contribution in [2.45, 2.75) is 45.6 Å². The van der Waals surface area contributed by atoms with Crippen molar-refractivity contribution in [1.82, 2.24) is 9.88 Å². The molecule has 0 radical (unpaired) electrons. The van der Waals surface area contributed by atoms with Gasteiger partial charge in [-0.1, -0.05) is 0 Å². The molecular formula is C26H32N6O4. The van der Waals surface area contributed by atoms with Crippen molar-refractivity contribution in [2.75, 3.05) is 35.2 Å². The summed E-state index contributed by atoms with van der Waals surface area (Å²) in [7, 11) is 0. The molecule has 36 heavy (non-hydrogen) atoms. The van der Waals surface area contributed by atoms with E-state index < -0.39 is 5.91 Å². The lowest BCUT2D eigenvalue weighted by Gasteiger charge is -2.32. The van der Waals surface area contributed by atoms with Crippen molar-refractivity contribution in [2.24, 2.45) is 5.73 Å². The number of hydrogen-bond donors (Lipinski definition) is 3. The molecule has 3 amide bonds. The molecule has 2 fully saturated rings. The quantitative estimate of drug-likeness (QED) is 0.498. The molecule has 0 saturated carbocycles. The number of carbonyl (C=O) groups excluding carboxylic acids is 3. The van der Waals surface area contributed by atoms with Crippen LogP contribution in [0.3, 0.4) is 0 Å². The zero-order valence-electron chi connectivity index (χ0n) is 20.6. The lowest BCUT2D eigenvalue weighted by molar-refractivity contribution is -0.117. The van der Waals surface area contributed by atoms with Crippen molar-refractivity contribution in [1.29, 1.82) is 0 Å². The molecule has 0 atom stereocenters. The van der Waals surface area contributed by atoms with Gasteiger partial charge in [-0.05, 0) is 63.5 Å². The van der Waals surface area contributed by atoms with Crippen LogP contribution in [0.5, 0.6) is 0 Å². The van der Waals surface area contributed by atoms with E-state index in [2.05, 4.69) is 15.6 Å². The summed E-state index contributed by atoms with van der Waals surface area (Å²) in [5.41, 5.74) is 8.15. The lowest BCUT2D eigenvalue weighted by Crippen LogP contribution is -2.42. The molecule has 0 bridgehead atoms. The number of nitrogens with two attached hydrogens (primary N) is 1. The largest absolute Gasteiger partial charge is 0.415 e. The highest BCUT2D eigenvalue weighted by atomic mass is 16.6. The van der Waals surface area contributed by atoms with Crippen LogP contribution in [-0.2, 0) is 9.53 Å². The summed E-state index contributed by atoms with van der Waals surface area (Å²) in [6.07, 6.45) is 5.71. The van der Waals surface area contributed by atoms with Gasteiger partial charge in [-0.15, -0.1) is 0 Å². The molecule has 2 aliphatic heterocycles. The molecule has 0 spiro atoms. The number of primary amides is 1. The highest BCUT2D eigenvalue weighted by Crippen LogP contribution is 2.27. The van der Waals surface area contributed by atoms with E-state index in [1.165, 1.54) is 6.20 Å². The van der Waals surface area contributed by atoms with Crippen molar-refractivity contribution < 1.29 is 19.1 Å². The summed E-state index contributed by atoms with van der Waals surface area (Å²) >= 11 is 0. The number of benzene rings is 1. The minimum atomic E-state index is -0.570. The Labute approximate surface area is 210 Å². The van der Waals surface area contributed by atoms with E-state index in [4.69, 9.17) is 10.5 Å². The number of amides is 3. The zero-order chi connectivity index (χ0) is 25.7. The normalized spacial score (nSPS) is 16.7. The summed E-state index contributed by atoms with van der Waals surface area (Å²) in [6.45, 7) is 5.39. The molecule has 4 N–H and O–H groups in total. The van der Waals surface area contributed by atoms with Gasteiger partial charge in [0.2, 0.25) is 5.91 Å². The third-order valence-corrected chi connectivity index (χ3v) is 6.46. The predicted octanol–water partition coefficient (Wildman–Crippen LogP) is 3.99. The van der Waals surface area contributed by atoms with Gasteiger partial charge in [-0.25, -0.2) is 9.78 Å². The first-order chi connectivity index (χ1) is 17.3. The highest BCUT2D eigenvalue weighted by Gasteiger charge is 2.25. The molecule has 0 unspecified atom stereocenters. The first-order valence-electron chi connectivity index (χ1n) is 12.2. The fraction of sp³-hybridized carbons (Fsp3) is 0.385. The molecule has 1 aromatic carbocycles. The monoisotopic (exact) mass is 492 g/mol. The number of pyridine rings is 1. The summed E-state index contributed by atoms with van der Waals surface area (Å²) in [4.78, 5) is 44.0. The highest BCUT2D eigenvalue weighted by molar-refractivity contribution is 5.99. The Kier molecular flexibility index (Phi) is 7.72. The molecule has 190 valence electrons. The standard InChI is InChI=1S/C26H32N6O4/c1-3-17(2)36-26(35)31-13-10-19(11-14-31)29-22-15-23(28-16-21(22)25(27)34)30-18-6-8-20(9-7-18)32-12-4-5-24(32)33/h3,6-9,15-16,19H,4-5,10-14H2,1-2H3,(H2,27,34)(H2,28,29,30)/b17-3+. The fourth-order valence-electron chi connectivity index (χ4n) is 4.32. The van der Waals surface area contributed by atoms with Gasteiger partial charge in [0.1, 0.15) is 11.6 Å². The molecule has 0 aliphatic carbocycles. The van der Waals surface area contributed by atoms with E-state index in [9.17, 15) is 14.4 Å². The van der Waals surface area contributed by atoms with Crippen LogP contribution in [-0.4, -0.2) is 53.5 Å². The summed E-state index contributed by atoms with van der Waals surface area (Å²) in [5, 5.41) is 6.65. The van der Waals surface area contributed by atoms with Gasteiger partial charge in [0.25, 0.3) is 5.91 Å². The van der Waals surface area contributed by atoms with E-state index in [1.54, 1.807) is 28.9 Å². The molecule has 4 rings (SSSR count). The van der Waals surface area contributed by atoms with Crippen molar-refractivity contribution >= 4 is 40.8 Å². The lowest BCUT2D eigenvalue weighted by atomic mass is 10.0.